The minimum absolute atomic E-state index is 0.692. The van der Waals surface area contributed by atoms with Crippen LogP contribution in [0.3, 0.4) is 0 Å². The third-order valence-electron chi connectivity index (χ3n) is 3.24. The van der Waals surface area contributed by atoms with Crippen molar-refractivity contribution in [2.45, 2.75) is 38.7 Å². The zero-order valence-electron chi connectivity index (χ0n) is 9.62. The predicted molar refractivity (Wildman–Crippen MR) is 67.7 cm³/mol. The summed E-state index contributed by atoms with van der Waals surface area (Å²) >= 11 is 5.92. The molecule has 2 heteroatoms. The molecule has 0 heterocycles. The average Bonchev–Trinajstić information content (AvgIpc) is 2.30. The summed E-state index contributed by atoms with van der Waals surface area (Å²) in [5.74, 6) is 0.785. The maximum absolute atomic E-state index is 5.92. The molecular formula is C14H19ClO. The standard InChI is InChI=1S/C14H19ClO/c15-14-8-4-7-13(9-14)11-16-10-12-5-2-1-3-6-12/h4,7-9,12H,1-3,5-6,10-11H2. The first-order valence-electron chi connectivity index (χ1n) is 6.17. The fourth-order valence-electron chi connectivity index (χ4n) is 2.32. The second kappa shape index (κ2) is 6.27. The van der Waals surface area contributed by atoms with Crippen LogP contribution in [0.1, 0.15) is 37.7 Å². The van der Waals surface area contributed by atoms with Gasteiger partial charge in [0, 0.05) is 11.6 Å². The molecule has 88 valence electrons. The largest absolute Gasteiger partial charge is 0.376 e. The number of hydrogen-bond donors (Lipinski definition) is 0. The number of ether oxygens (including phenoxy) is 1. The van der Waals surface area contributed by atoms with E-state index in [1.807, 2.05) is 18.2 Å². The lowest BCUT2D eigenvalue weighted by Crippen LogP contribution is -2.13. The van der Waals surface area contributed by atoms with Crippen LogP contribution in [0.2, 0.25) is 5.02 Å². The molecule has 0 saturated heterocycles. The summed E-state index contributed by atoms with van der Waals surface area (Å²) < 4.78 is 5.76. The Labute approximate surface area is 103 Å². The summed E-state index contributed by atoms with van der Waals surface area (Å²) in [6, 6.07) is 7.91. The van der Waals surface area contributed by atoms with Crippen LogP contribution in [-0.2, 0) is 11.3 Å². The smallest absolute Gasteiger partial charge is 0.0717 e. The van der Waals surface area contributed by atoms with Crippen molar-refractivity contribution in [3.63, 3.8) is 0 Å². The van der Waals surface area contributed by atoms with Crippen molar-refractivity contribution in [3.05, 3.63) is 34.9 Å². The Morgan fingerprint density at radius 2 is 2.00 bits per heavy atom. The van der Waals surface area contributed by atoms with Gasteiger partial charge in [0.25, 0.3) is 0 Å². The van der Waals surface area contributed by atoms with Crippen molar-refractivity contribution in [2.24, 2.45) is 5.92 Å². The van der Waals surface area contributed by atoms with E-state index in [9.17, 15) is 0 Å². The van der Waals surface area contributed by atoms with Gasteiger partial charge >= 0.3 is 0 Å². The van der Waals surface area contributed by atoms with Gasteiger partial charge in [0.15, 0.2) is 0 Å². The van der Waals surface area contributed by atoms with Crippen LogP contribution in [0, 0.1) is 5.92 Å². The van der Waals surface area contributed by atoms with Crippen molar-refractivity contribution in [3.8, 4) is 0 Å². The van der Waals surface area contributed by atoms with Crippen LogP contribution in [0.4, 0.5) is 0 Å². The number of halogens is 1. The Balaban J connectivity index is 1.71. The molecule has 1 aliphatic rings. The molecule has 0 atom stereocenters. The predicted octanol–water partition coefficient (Wildman–Crippen LogP) is 4.44. The van der Waals surface area contributed by atoms with Gasteiger partial charge in [-0.2, -0.15) is 0 Å². The van der Waals surface area contributed by atoms with Gasteiger partial charge in [-0.1, -0.05) is 43.0 Å². The van der Waals surface area contributed by atoms with E-state index >= 15 is 0 Å². The number of rotatable bonds is 4. The Kier molecular flexibility index (Phi) is 4.68. The maximum Gasteiger partial charge on any atom is 0.0717 e. The van der Waals surface area contributed by atoms with Crippen LogP contribution >= 0.6 is 11.6 Å². The normalized spacial score (nSPS) is 17.6. The molecule has 1 nitrogen and oxygen atoms in total. The fourth-order valence-corrected chi connectivity index (χ4v) is 2.54. The Morgan fingerprint density at radius 3 is 2.75 bits per heavy atom. The first-order chi connectivity index (χ1) is 7.84. The summed E-state index contributed by atoms with van der Waals surface area (Å²) in [5.41, 5.74) is 1.17. The summed E-state index contributed by atoms with van der Waals surface area (Å²) in [4.78, 5) is 0. The molecule has 0 amide bonds. The molecule has 1 aromatic rings. The molecule has 0 bridgehead atoms. The van der Waals surface area contributed by atoms with Gasteiger partial charge in [0.2, 0.25) is 0 Å². The SMILES string of the molecule is Clc1cccc(COCC2CCCCC2)c1. The summed E-state index contributed by atoms with van der Waals surface area (Å²) in [6.07, 6.45) is 6.85. The van der Waals surface area contributed by atoms with Crippen LogP contribution in [0.15, 0.2) is 24.3 Å². The summed E-state index contributed by atoms with van der Waals surface area (Å²) in [7, 11) is 0. The topological polar surface area (TPSA) is 9.23 Å². The number of hydrogen-bond acceptors (Lipinski definition) is 1. The highest BCUT2D eigenvalue weighted by Gasteiger charge is 2.13. The van der Waals surface area contributed by atoms with E-state index < -0.39 is 0 Å². The van der Waals surface area contributed by atoms with Crippen LogP contribution in [-0.4, -0.2) is 6.61 Å². The Morgan fingerprint density at radius 1 is 1.19 bits per heavy atom. The number of benzene rings is 1. The maximum atomic E-state index is 5.92. The molecular weight excluding hydrogens is 220 g/mol. The van der Waals surface area contributed by atoms with E-state index in [0.717, 1.165) is 17.5 Å². The van der Waals surface area contributed by atoms with Gasteiger partial charge < -0.3 is 4.74 Å². The molecule has 0 N–H and O–H groups in total. The molecule has 1 aliphatic carbocycles. The molecule has 16 heavy (non-hydrogen) atoms. The van der Waals surface area contributed by atoms with E-state index in [1.165, 1.54) is 37.7 Å². The summed E-state index contributed by atoms with van der Waals surface area (Å²) in [5, 5.41) is 0.791. The summed E-state index contributed by atoms with van der Waals surface area (Å²) in [6.45, 7) is 1.60. The lowest BCUT2D eigenvalue weighted by Gasteiger charge is -2.21. The van der Waals surface area contributed by atoms with E-state index in [-0.39, 0.29) is 0 Å². The highest BCUT2D eigenvalue weighted by Crippen LogP contribution is 2.24. The van der Waals surface area contributed by atoms with E-state index in [4.69, 9.17) is 16.3 Å². The minimum atomic E-state index is 0.692. The van der Waals surface area contributed by atoms with Crippen molar-refractivity contribution < 1.29 is 4.74 Å². The second-order valence-electron chi connectivity index (χ2n) is 4.65. The lowest BCUT2D eigenvalue weighted by molar-refractivity contribution is 0.0739. The molecule has 1 fully saturated rings. The molecule has 0 aromatic heterocycles. The van der Waals surface area contributed by atoms with Crippen LogP contribution in [0.25, 0.3) is 0 Å². The monoisotopic (exact) mass is 238 g/mol. The van der Waals surface area contributed by atoms with E-state index in [2.05, 4.69) is 6.07 Å². The Hall–Kier alpha value is -0.530. The quantitative estimate of drug-likeness (QED) is 0.754. The molecule has 0 unspecified atom stereocenters. The molecule has 0 aliphatic heterocycles. The van der Waals surface area contributed by atoms with E-state index in [0.29, 0.717) is 6.61 Å². The lowest BCUT2D eigenvalue weighted by atomic mass is 9.90. The van der Waals surface area contributed by atoms with Gasteiger partial charge in [-0.25, -0.2) is 0 Å². The van der Waals surface area contributed by atoms with Crippen LogP contribution < -0.4 is 0 Å². The van der Waals surface area contributed by atoms with Gasteiger partial charge in [-0.15, -0.1) is 0 Å². The van der Waals surface area contributed by atoms with Gasteiger partial charge in [0.1, 0.15) is 0 Å². The first kappa shape index (κ1) is 11.9. The Bertz CT molecular complexity index is 318. The van der Waals surface area contributed by atoms with E-state index in [1.54, 1.807) is 0 Å². The third kappa shape index (κ3) is 3.80. The fraction of sp³-hybridized carbons (Fsp3) is 0.571. The molecule has 0 spiro atoms. The average molecular weight is 239 g/mol. The van der Waals surface area contributed by atoms with Crippen molar-refractivity contribution in [1.82, 2.24) is 0 Å². The van der Waals surface area contributed by atoms with Gasteiger partial charge in [0.05, 0.1) is 6.61 Å². The van der Waals surface area contributed by atoms with Crippen molar-refractivity contribution >= 4 is 11.6 Å². The van der Waals surface area contributed by atoms with Gasteiger partial charge in [-0.05, 0) is 36.5 Å². The molecule has 2 rings (SSSR count). The highest BCUT2D eigenvalue weighted by atomic mass is 35.5. The zero-order chi connectivity index (χ0) is 11.2. The molecule has 0 radical (unpaired) electrons. The molecule has 1 aromatic carbocycles. The second-order valence-corrected chi connectivity index (χ2v) is 5.09. The molecule has 1 saturated carbocycles. The third-order valence-corrected chi connectivity index (χ3v) is 3.47. The van der Waals surface area contributed by atoms with Gasteiger partial charge in [-0.3, -0.25) is 0 Å². The zero-order valence-corrected chi connectivity index (χ0v) is 10.4. The van der Waals surface area contributed by atoms with Crippen molar-refractivity contribution in [2.75, 3.05) is 6.61 Å². The van der Waals surface area contributed by atoms with Crippen molar-refractivity contribution in [1.29, 1.82) is 0 Å². The first-order valence-corrected chi connectivity index (χ1v) is 6.54. The highest BCUT2D eigenvalue weighted by molar-refractivity contribution is 6.30. The van der Waals surface area contributed by atoms with Crippen LogP contribution in [0.5, 0.6) is 0 Å². The minimum Gasteiger partial charge on any atom is -0.376 e.